The predicted octanol–water partition coefficient (Wildman–Crippen LogP) is 4.63. The summed E-state index contributed by atoms with van der Waals surface area (Å²) in [6.07, 6.45) is -5.53. The van der Waals surface area contributed by atoms with Gasteiger partial charge in [-0.3, -0.25) is 4.79 Å². The molecule has 2 atom stereocenters. The van der Waals surface area contributed by atoms with E-state index in [1.807, 2.05) is 13.8 Å². The fourth-order valence-corrected chi connectivity index (χ4v) is 2.64. The highest BCUT2D eigenvalue weighted by Crippen LogP contribution is 2.49. The van der Waals surface area contributed by atoms with Crippen molar-refractivity contribution in [2.45, 2.75) is 37.9 Å². The summed E-state index contributed by atoms with van der Waals surface area (Å²) in [5.41, 5.74) is -1.28. The van der Waals surface area contributed by atoms with Crippen molar-refractivity contribution >= 4 is 21.9 Å². The summed E-state index contributed by atoms with van der Waals surface area (Å²) in [6, 6.07) is 1.37. The molecule has 0 spiro atoms. The largest absolute Gasteiger partial charge is 0.482 e. The van der Waals surface area contributed by atoms with Crippen LogP contribution in [0.1, 0.15) is 36.7 Å². The molecule has 0 fully saturated rings. The molecule has 0 bridgehead atoms. The third kappa shape index (κ3) is 3.91. The average molecular weight is 387 g/mol. The molecule has 0 saturated carbocycles. The fourth-order valence-electron chi connectivity index (χ4n) is 1.93. The van der Waals surface area contributed by atoms with Crippen LogP contribution in [-0.4, -0.2) is 18.7 Å². The Hall–Kier alpha value is -1.31. The zero-order valence-corrected chi connectivity index (χ0v) is 13.7. The minimum absolute atomic E-state index is 0.267. The molecule has 1 aliphatic heterocycles. The lowest BCUT2D eigenvalue weighted by Gasteiger charge is -2.15. The molecule has 0 amide bonds. The average Bonchev–Trinajstić information content (AvgIpc) is 2.76. The van der Waals surface area contributed by atoms with E-state index in [2.05, 4.69) is 15.9 Å². The highest BCUT2D eigenvalue weighted by atomic mass is 79.9. The third-order valence-corrected chi connectivity index (χ3v) is 3.82. The van der Waals surface area contributed by atoms with E-state index in [1.165, 1.54) is 0 Å². The second-order valence-corrected chi connectivity index (χ2v) is 5.18. The van der Waals surface area contributed by atoms with Gasteiger partial charge in [-0.1, -0.05) is 29.8 Å². The quantitative estimate of drug-likeness (QED) is 0.422. The molecule has 0 aromatic heterocycles. The van der Waals surface area contributed by atoms with Crippen LogP contribution in [0.5, 0.6) is 5.75 Å². The molecule has 124 valence electrons. The SMILES string of the molecule is CC.CC(=O)OCC1Oc2c(F)ccc(C(F)(F)F)c2C1Br. The number of alkyl halides is 4. The Bertz CT molecular complexity index is 546. The molecule has 1 heterocycles. The van der Waals surface area contributed by atoms with Crippen LogP contribution < -0.4 is 4.74 Å². The number of fused-ring (bicyclic) bond motifs is 1. The van der Waals surface area contributed by atoms with Gasteiger partial charge >= 0.3 is 12.1 Å². The summed E-state index contributed by atoms with van der Waals surface area (Å²) in [7, 11) is 0. The predicted molar refractivity (Wildman–Crippen MR) is 75.5 cm³/mol. The minimum atomic E-state index is -4.62. The van der Waals surface area contributed by atoms with Gasteiger partial charge in [0, 0.05) is 12.5 Å². The lowest BCUT2D eigenvalue weighted by molar-refractivity contribution is -0.143. The molecule has 0 aliphatic carbocycles. The molecule has 1 aromatic carbocycles. The van der Waals surface area contributed by atoms with Gasteiger partial charge < -0.3 is 9.47 Å². The van der Waals surface area contributed by atoms with E-state index in [0.717, 1.165) is 6.92 Å². The number of benzene rings is 1. The Kier molecular flexibility index (Phi) is 6.22. The number of halogens is 5. The van der Waals surface area contributed by atoms with Crippen LogP contribution in [0.3, 0.4) is 0 Å². The Morgan fingerprint density at radius 3 is 2.45 bits per heavy atom. The first-order valence-electron chi connectivity index (χ1n) is 6.55. The second-order valence-electron chi connectivity index (χ2n) is 4.20. The zero-order valence-electron chi connectivity index (χ0n) is 12.1. The lowest BCUT2D eigenvalue weighted by atomic mass is 10.0. The van der Waals surface area contributed by atoms with Gasteiger partial charge in [0.2, 0.25) is 0 Å². The van der Waals surface area contributed by atoms with Crippen molar-refractivity contribution in [3.63, 3.8) is 0 Å². The van der Waals surface area contributed by atoms with E-state index in [1.54, 1.807) is 0 Å². The van der Waals surface area contributed by atoms with E-state index in [-0.39, 0.29) is 12.2 Å². The van der Waals surface area contributed by atoms with E-state index < -0.39 is 40.2 Å². The Balaban J connectivity index is 0.00000116. The van der Waals surface area contributed by atoms with E-state index in [4.69, 9.17) is 9.47 Å². The maximum Gasteiger partial charge on any atom is 0.416 e. The standard InChI is InChI=1S/C12H9BrF4O3.C2H6/c1-5(18)19-4-8-10(13)9-6(12(15,16)17)2-3-7(14)11(9)20-8;1-2/h2-3,8,10H,4H2,1H3;1-2H3. The van der Waals surface area contributed by atoms with Crippen LogP contribution >= 0.6 is 15.9 Å². The molecule has 3 nitrogen and oxygen atoms in total. The molecule has 2 unspecified atom stereocenters. The summed E-state index contributed by atoms with van der Waals surface area (Å²) >= 11 is 3.05. The Morgan fingerprint density at radius 1 is 1.36 bits per heavy atom. The fraction of sp³-hybridized carbons (Fsp3) is 0.500. The number of hydrogen-bond acceptors (Lipinski definition) is 3. The van der Waals surface area contributed by atoms with E-state index in [0.29, 0.717) is 12.1 Å². The second kappa shape index (κ2) is 7.30. The van der Waals surface area contributed by atoms with Crippen LogP contribution in [0.25, 0.3) is 0 Å². The van der Waals surface area contributed by atoms with Gasteiger partial charge in [-0.2, -0.15) is 13.2 Å². The van der Waals surface area contributed by atoms with Crippen LogP contribution in [0.2, 0.25) is 0 Å². The van der Waals surface area contributed by atoms with Gasteiger partial charge in [0.1, 0.15) is 12.7 Å². The topological polar surface area (TPSA) is 35.5 Å². The normalized spacial score (nSPS) is 19.6. The highest BCUT2D eigenvalue weighted by molar-refractivity contribution is 9.09. The maximum absolute atomic E-state index is 13.6. The molecule has 0 N–H and O–H groups in total. The molecule has 1 aliphatic rings. The first kappa shape index (κ1) is 18.7. The molecule has 2 rings (SSSR count). The smallest absolute Gasteiger partial charge is 0.416 e. The van der Waals surface area contributed by atoms with Crippen LogP contribution in [0.4, 0.5) is 17.6 Å². The van der Waals surface area contributed by atoms with Crippen molar-refractivity contribution in [1.29, 1.82) is 0 Å². The summed E-state index contributed by atoms with van der Waals surface area (Å²) in [5.74, 6) is -1.94. The van der Waals surface area contributed by atoms with Gasteiger partial charge in [-0.05, 0) is 12.1 Å². The van der Waals surface area contributed by atoms with E-state index in [9.17, 15) is 22.4 Å². The lowest BCUT2D eigenvalue weighted by Crippen LogP contribution is -2.24. The number of esters is 1. The molecule has 22 heavy (non-hydrogen) atoms. The molecular formula is C14H15BrF4O3. The van der Waals surface area contributed by atoms with Crippen LogP contribution in [-0.2, 0) is 15.7 Å². The number of ether oxygens (including phenoxy) is 2. The molecule has 0 radical (unpaired) electrons. The third-order valence-electron chi connectivity index (χ3n) is 2.78. The van der Waals surface area contributed by atoms with Gasteiger partial charge in [0.15, 0.2) is 11.6 Å². The van der Waals surface area contributed by atoms with Gasteiger partial charge in [0.05, 0.1) is 10.4 Å². The van der Waals surface area contributed by atoms with Crippen LogP contribution in [0, 0.1) is 5.82 Å². The summed E-state index contributed by atoms with van der Waals surface area (Å²) in [4.78, 5) is 9.81. The summed E-state index contributed by atoms with van der Waals surface area (Å²) in [5, 5.41) is 0. The van der Waals surface area contributed by atoms with Gasteiger partial charge in [-0.15, -0.1) is 0 Å². The van der Waals surface area contributed by atoms with E-state index >= 15 is 0 Å². The number of carbonyl (C=O) groups excluding carboxylic acids is 1. The van der Waals surface area contributed by atoms with Crippen molar-refractivity contribution in [3.05, 3.63) is 29.1 Å². The first-order valence-corrected chi connectivity index (χ1v) is 7.47. The number of hydrogen-bond donors (Lipinski definition) is 0. The Labute approximate surface area is 133 Å². The van der Waals surface area contributed by atoms with Gasteiger partial charge in [0.25, 0.3) is 0 Å². The minimum Gasteiger partial charge on any atom is -0.482 e. The van der Waals surface area contributed by atoms with Gasteiger partial charge in [-0.25, -0.2) is 4.39 Å². The van der Waals surface area contributed by atoms with Crippen molar-refractivity contribution in [2.24, 2.45) is 0 Å². The molecule has 1 aromatic rings. The molecule has 8 heteroatoms. The molecule has 0 saturated heterocycles. The Morgan fingerprint density at radius 2 is 1.95 bits per heavy atom. The summed E-state index contributed by atoms with van der Waals surface area (Å²) < 4.78 is 62.1. The van der Waals surface area contributed by atoms with Crippen molar-refractivity contribution in [3.8, 4) is 5.75 Å². The number of rotatable bonds is 2. The zero-order chi connectivity index (χ0) is 17.1. The number of carbonyl (C=O) groups is 1. The maximum atomic E-state index is 13.6. The van der Waals surface area contributed by atoms with Crippen LogP contribution in [0.15, 0.2) is 12.1 Å². The first-order chi connectivity index (χ1) is 10.2. The highest BCUT2D eigenvalue weighted by Gasteiger charge is 2.44. The van der Waals surface area contributed by atoms with Crippen molar-refractivity contribution in [2.75, 3.05) is 6.61 Å². The monoisotopic (exact) mass is 386 g/mol. The summed E-state index contributed by atoms with van der Waals surface area (Å²) in [6.45, 7) is 4.89. The van der Waals surface area contributed by atoms with Crippen molar-refractivity contribution < 1.29 is 31.8 Å². The molecular weight excluding hydrogens is 372 g/mol. The van der Waals surface area contributed by atoms with Crippen molar-refractivity contribution in [1.82, 2.24) is 0 Å².